The van der Waals surface area contributed by atoms with Gasteiger partial charge in [0, 0.05) is 20.8 Å². The standard InChI is InChI=1S/C31H32O9/c1-20(32)37-27-26(40-30(35)29(39-22(3)34)28(27)38-21(2)33)19-36-31(23-13-7-4-8-14-23,24-15-9-5-10-16-24)25-17-11-6-12-18-25/h4-18,26-30,35H,19H2,1-3H3/t26-,27-,28+,29+,30?/m1/s1. The number of ether oxygens (including phenoxy) is 5. The van der Waals surface area contributed by atoms with Gasteiger partial charge in [0.2, 0.25) is 0 Å². The second-order valence-electron chi connectivity index (χ2n) is 9.38. The first-order valence-corrected chi connectivity index (χ1v) is 12.9. The number of esters is 3. The zero-order chi connectivity index (χ0) is 28.7. The molecule has 1 fully saturated rings. The maximum absolute atomic E-state index is 12.1. The van der Waals surface area contributed by atoms with Gasteiger partial charge in [-0.25, -0.2) is 0 Å². The molecular formula is C31H32O9. The molecule has 0 saturated carbocycles. The summed E-state index contributed by atoms with van der Waals surface area (Å²) in [5.41, 5.74) is 1.33. The van der Waals surface area contributed by atoms with Gasteiger partial charge >= 0.3 is 17.9 Å². The Hall–Kier alpha value is -4.05. The van der Waals surface area contributed by atoms with Gasteiger partial charge in [0.1, 0.15) is 11.7 Å². The second kappa shape index (κ2) is 12.9. The largest absolute Gasteiger partial charge is 0.456 e. The highest BCUT2D eigenvalue weighted by atomic mass is 16.7. The van der Waals surface area contributed by atoms with Crippen LogP contribution < -0.4 is 0 Å². The lowest BCUT2D eigenvalue weighted by molar-refractivity contribution is -0.299. The Morgan fingerprint density at radius 2 is 1.02 bits per heavy atom. The lowest BCUT2D eigenvalue weighted by Gasteiger charge is -2.44. The lowest BCUT2D eigenvalue weighted by atomic mass is 9.80. The quantitative estimate of drug-likeness (QED) is 0.244. The zero-order valence-corrected chi connectivity index (χ0v) is 22.5. The van der Waals surface area contributed by atoms with Crippen molar-refractivity contribution in [2.24, 2.45) is 0 Å². The number of rotatable bonds is 9. The molecule has 40 heavy (non-hydrogen) atoms. The van der Waals surface area contributed by atoms with Crippen molar-refractivity contribution in [3.8, 4) is 0 Å². The molecule has 0 aliphatic carbocycles. The molecule has 0 spiro atoms. The summed E-state index contributed by atoms with van der Waals surface area (Å²) in [6, 6.07) is 28.8. The van der Waals surface area contributed by atoms with Crippen molar-refractivity contribution in [3.63, 3.8) is 0 Å². The molecule has 1 unspecified atom stereocenters. The minimum Gasteiger partial charge on any atom is -0.456 e. The maximum atomic E-state index is 12.1. The molecule has 5 atom stereocenters. The van der Waals surface area contributed by atoms with Crippen molar-refractivity contribution >= 4 is 17.9 Å². The Kier molecular flexibility index (Phi) is 9.31. The van der Waals surface area contributed by atoms with Crippen LogP contribution in [0.3, 0.4) is 0 Å². The van der Waals surface area contributed by atoms with E-state index in [0.29, 0.717) is 0 Å². The Labute approximate surface area is 232 Å². The van der Waals surface area contributed by atoms with Gasteiger partial charge in [-0.1, -0.05) is 91.0 Å². The normalized spacial score (nSPS) is 22.6. The molecule has 1 aliphatic rings. The first-order valence-electron chi connectivity index (χ1n) is 12.9. The van der Waals surface area contributed by atoms with E-state index < -0.39 is 54.2 Å². The maximum Gasteiger partial charge on any atom is 0.303 e. The highest BCUT2D eigenvalue weighted by Gasteiger charge is 2.52. The lowest BCUT2D eigenvalue weighted by Crippen LogP contribution is -2.62. The highest BCUT2D eigenvalue weighted by Crippen LogP contribution is 2.41. The first kappa shape index (κ1) is 28.9. The summed E-state index contributed by atoms with van der Waals surface area (Å²) in [4.78, 5) is 35.9. The third-order valence-corrected chi connectivity index (χ3v) is 6.52. The molecule has 1 heterocycles. The Morgan fingerprint density at radius 1 is 0.650 bits per heavy atom. The van der Waals surface area contributed by atoms with E-state index in [1.54, 1.807) is 0 Å². The van der Waals surface area contributed by atoms with Gasteiger partial charge in [-0.3, -0.25) is 14.4 Å². The minimum absolute atomic E-state index is 0.210. The molecule has 3 aromatic rings. The van der Waals surface area contributed by atoms with Gasteiger partial charge in [-0.15, -0.1) is 0 Å². The molecule has 4 rings (SSSR count). The second-order valence-corrected chi connectivity index (χ2v) is 9.38. The fourth-order valence-electron chi connectivity index (χ4n) is 4.98. The molecule has 9 nitrogen and oxygen atoms in total. The van der Waals surface area contributed by atoms with Gasteiger partial charge in [0.25, 0.3) is 0 Å². The summed E-state index contributed by atoms with van der Waals surface area (Å²) < 4.78 is 28.8. The average molecular weight is 549 g/mol. The number of carbonyl (C=O) groups excluding carboxylic acids is 3. The molecule has 0 amide bonds. The van der Waals surface area contributed by atoms with Crippen molar-refractivity contribution in [2.45, 2.75) is 57.1 Å². The number of hydrogen-bond donors (Lipinski definition) is 1. The molecule has 1 saturated heterocycles. The summed E-state index contributed by atoms with van der Waals surface area (Å²) in [7, 11) is 0. The van der Waals surface area contributed by atoms with E-state index in [9.17, 15) is 19.5 Å². The molecule has 1 N–H and O–H groups in total. The Bertz CT molecular complexity index is 1180. The molecular weight excluding hydrogens is 516 g/mol. The number of aliphatic hydroxyl groups excluding tert-OH is 1. The molecule has 0 radical (unpaired) electrons. The van der Waals surface area contributed by atoms with Gasteiger partial charge < -0.3 is 28.8 Å². The van der Waals surface area contributed by atoms with Crippen LogP contribution in [-0.2, 0) is 43.7 Å². The fraction of sp³-hybridized carbons (Fsp3) is 0.323. The van der Waals surface area contributed by atoms with Crippen LogP contribution in [0.4, 0.5) is 0 Å². The topological polar surface area (TPSA) is 118 Å². The summed E-state index contributed by atoms with van der Waals surface area (Å²) in [5.74, 6) is -2.15. The molecule has 0 bridgehead atoms. The fourth-order valence-corrected chi connectivity index (χ4v) is 4.98. The minimum atomic E-state index is -1.69. The van der Waals surface area contributed by atoms with E-state index in [1.807, 2.05) is 91.0 Å². The predicted molar refractivity (Wildman–Crippen MR) is 143 cm³/mol. The van der Waals surface area contributed by atoms with E-state index in [1.165, 1.54) is 6.92 Å². The average Bonchev–Trinajstić information content (AvgIpc) is 2.94. The molecule has 3 aromatic carbocycles. The van der Waals surface area contributed by atoms with Crippen LogP contribution in [0.5, 0.6) is 0 Å². The van der Waals surface area contributed by atoms with Crippen LogP contribution in [-0.4, -0.2) is 60.3 Å². The first-order chi connectivity index (χ1) is 19.2. The van der Waals surface area contributed by atoms with Crippen LogP contribution in [0.1, 0.15) is 37.5 Å². The van der Waals surface area contributed by atoms with Gasteiger partial charge in [-0.05, 0) is 16.7 Å². The van der Waals surface area contributed by atoms with Crippen LogP contribution in [0.15, 0.2) is 91.0 Å². The van der Waals surface area contributed by atoms with Crippen molar-refractivity contribution < 1.29 is 43.2 Å². The van der Waals surface area contributed by atoms with E-state index in [0.717, 1.165) is 30.5 Å². The molecule has 0 aromatic heterocycles. The zero-order valence-electron chi connectivity index (χ0n) is 22.5. The van der Waals surface area contributed by atoms with E-state index in [4.69, 9.17) is 23.7 Å². The smallest absolute Gasteiger partial charge is 0.303 e. The number of carbonyl (C=O) groups is 3. The van der Waals surface area contributed by atoms with Crippen molar-refractivity contribution in [1.29, 1.82) is 0 Å². The summed E-state index contributed by atoms with van der Waals surface area (Å²) in [6.07, 6.45) is -6.82. The van der Waals surface area contributed by atoms with Gasteiger partial charge in [0.15, 0.2) is 24.6 Å². The van der Waals surface area contributed by atoms with Crippen LogP contribution in [0, 0.1) is 0 Å². The van der Waals surface area contributed by atoms with Crippen molar-refractivity contribution in [2.75, 3.05) is 6.61 Å². The third kappa shape index (κ3) is 6.39. The van der Waals surface area contributed by atoms with Crippen molar-refractivity contribution in [3.05, 3.63) is 108 Å². The number of hydrogen-bond acceptors (Lipinski definition) is 9. The number of aliphatic hydroxyl groups is 1. The van der Waals surface area contributed by atoms with Crippen LogP contribution in [0.2, 0.25) is 0 Å². The summed E-state index contributed by atoms with van der Waals surface area (Å²) in [6.45, 7) is 3.28. The van der Waals surface area contributed by atoms with E-state index in [2.05, 4.69) is 0 Å². The summed E-state index contributed by atoms with van der Waals surface area (Å²) in [5, 5.41) is 10.8. The predicted octanol–water partition coefficient (Wildman–Crippen LogP) is 3.51. The molecule has 9 heteroatoms. The Morgan fingerprint density at radius 3 is 1.43 bits per heavy atom. The SMILES string of the molecule is CC(=O)O[C@H]1[C@H](OC(C)=O)[C@@H](COC(c2ccccc2)(c2ccccc2)c2ccccc2)OC(O)[C@H]1OC(C)=O. The third-order valence-electron chi connectivity index (χ3n) is 6.52. The Balaban J connectivity index is 1.79. The summed E-state index contributed by atoms with van der Waals surface area (Å²) >= 11 is 0. The van der Waals surface area contributed by atoms with Gasteiger partial charge in [0.05, 0.1) is 6.61 Å². The number of benzene rings is 3. The van der Waals surface area contributed by atoms with Gasteiger partial charge in [-0.2, -0.15) is 0 Å². The molecule has 1 aliphatic heterocycles. The van der Waals surface area contributed by atoms with E-state index >= 15 is 0 Å². The van der Waals surface area contributed by atoms with Crippen LogP contribution >= 0.6 is 0 Å². The highest BCUT2D eigenvalue weighted by molar-refractivity contribution is 5.68. The van der Waals surface area contributed by atoms with E-state index in [-0.39, 0.29) is 6.61 Å². The molecule has 210 valence electrons. The van der Waals surface area contributed by atoms with Crippen LogP contribution in [0.25, 0.3) is 0 Å². The van der Waals surface area contributed by atoms with Crippen molar-refractivity contribution in [1.82, 2.24) is 0 Å². The monoisotopic (exact) mass is 548 g/mol.